The van der Waals surface area contributed by atoms with Crippen LogP contribution in [0.2, 0.25) is 0 Å². The summed E-state index contributed by atoms with van der Waals surface area (Å²) in [6.45, 7) is 1.43. The molecule has 7 nitrogen and oxygen atoms in total. The lowest BCUT2D eigenvalue weighted by Gasteiger charge is -2.32. The molecule has 1 fully saturated rings. The molecule has 3 aromatic rings. The second-order valence-corrected chi connectivity index (χ2v) is 6.72. The molecule has 0 spiro atoms. The number of rotatable bonds is 5. The molecule has 0 aliphatic carbocycles. The SMILES string of the molecule is Nc1ccc(-c2cccc([C@@H]3CN(C(=O)COc4ccccc4)CCO3)n2)cn1. The van der Waals surface area contributed by atoms with Gasteiger partial charge in [-0.15, -0.1) is 0 Å². The summed E-state index contributed by atoms with van der Waals surface area (Å²) in [6, 6.07) is 18.7. The molecule has 1 aliphatic heterocycles. The van der Waals surface area contributed by atoms with Crippen molar-refractivity contribution < 1.29 is 14.3 Å². The fourth-order valence-electron chi connectivity index (χ4n) is 3.16. The van der Waals surface area contributed by atoms with Crippen molar-refractivity contribution in [3.8, 4) is 17.0 Å². The number of pyridine rings is 2. The van der Waals surface area contributed by atoms with Crippen LogP contribution < -0.4 is 10.5 Å². The van der Waals surface area contributed by atoms with E-state index in [9.17, 15) is 4.79 Å². The van der Waals surface area contributed by atoms with Crippen LogP contribution in [-0.2, 0) is 9.53 Å². The van der Waals surface area contributed by atoms with Crippen molar-refractivity contribution in [1.29, 1.82) is 0 Å². The third-order valence-electron chi connectivity index (χ3n) is 4.71. The predicted octanol–water partition coefficient (Wildman–Crippen LogP) is 2.70. The molecular formula is C22H22N4O3. The molecule has 1 atom stereocenters. The van der Waals surface area contributed by atoms with Crippen LogP contribution in [-0.4, -0.2) is 47.1 Å². The van der Waals surface area contributed by atoms with E-state index >= 15 is 0 Å². The summed E-state index contributed by atoms with van der Waals surface area (Å²) >= 11 is 0. The first kappa shape index (κ1) is 18.9. The van der Waals surface area contributed by atoms with Crippen molar-refractivity contribution in [2.75, 3.05) is 32.0 Å². The number of anilines is 1. The van der Waals surface area contributed by atoms with E-state index in [2.05, 4.69) is 4.98 Å². The average Bonchev–Trinajstić information content (AvgIpc) is 2.79. The molecule has 7 heteroatoms. The number of nitrogens with two attached hydrogens (primary N) is 1. The van der Waals surface area contributed by atoms with Gasteiger partial charge in [0, 0.05) is 18.3 Å². The number of amides is 1. The standard InChI is InChI=1S/C22H22N4O3/c23-21-10-9-16(13-24-21)18-7-4-8-19(25-18)20-14-26(11-12-28-20)22(27)15-29-17-5-2-1-3-6-17/h1-10,13,20H,11-12,14-15H2,(H2,23,24)/t20-/m0/s1. The minimum atomic E-state index is -0.286. The zero-order valence-corrected chi connectivity index (χ0v) is 15.9. The molecule has 0 saturated carbocycles. The van der Waals surface area contributed by atoms with Crippen molar-refractivity contribution >= 4 is 11.7 Å². The Hall–Kier alpha value is -3.45. The van der Waals surface area contributed by atoms with E-state index in [1.807, 2.05) is 54.6 Å². The third kappa shape index (κ3) is 4.70. The van der Waals surface area contributed by atoms with Crippen LogP contribution in [0.1, 0.15) is 11.8 Å². The average molecular weight is 390 g/mol. The maximum Gasteiger partial charge on any atom is 0.260 e. The van der Waals surface area contributed by atoms with E-state index in [0.717, 1.165) is 17.0 Å². The Morgan fingerprint density at radius 2 is 2.00 bits per heavy atom. The highest BCUT2D eigenvalue weighted by Crippen LogP contribution is 2.24. The first-order valence-electron chi connectivity index (χ1n) is 9.45. The second-order valence-electron chi connectivity index (χ2n) is 6.72. The Kier molecular flexibility index (Phi) is 5.67. The number of aromatic nitrogens is 2. The number of morpholine rings is 1. The smallest absolute Gasteiger partial charge is 0.260 e. The lowest BCUT2D eigenvalue weighted by atomic mass is 10.1. The van der Waals surface area contributed by atoms with Gasteiger partial charge in [0.25, 0.3) is 5.91 Å². The number of benzene rings is 1. The molecular weight excluding hydrogens is 368 g/mol. The minimum Gasteiger partial charge on any atom is -0.484 e. The monoisotopic (exact) mass is 390 g/mol. The van der Waals surface area contributed by atoms with Crippen LogP contribution in [0.3, 0.4) is 0 Å². The molecule has 2 aromatic heterocycles. The number of para-hydroxylation sites is 1. The van der Waals surface area contributed by atoms with Crippen LogP contribution in [0.5, 0.6) is 5.75 Å². The molecule has 148 valence electrons. The summed E-state index contributed by atoms with van der Waals surface area (Å²) in [7, 11) is 0. The number of nitrogen functional groups attached to an aromatic ring is 1. The lowest BCUT2D eigenvalue weighted by Crippen LogP contribution is -2.44. The van der Waals surface area contributed by atoms with Gasteiger partial charge < -0.3 is 20.1 Å². The fourth-order valence-corrected chi connectivity index (χ4v) is 3.16. The molecule has 1 aromatic carbocycles. The van der Waals surface area contributed by atoms with Gasteiger partial charge in [-0.05, 0) is 36.4 Å². The first-order valence-corrected chi connectivity index (χ1v) is 9.45. The quantitative estimate of drug-likeness (QED) is 0.720. The van der Waals surface area contributed by atoms with E-state index in [1.165, 1.54) is 0 Å². The summed E-state index contributed by atoms with van der Waals surface area (Å²) in [4.78, 5) is 23.2. The Morgan fingerprint density at radius 1 is 1.14 bits per heavy atom. The lowest BCUT2D eigenvalue weighted by molar-refractivity contribution is -0.141. The van der Waals surface area contributed by atoms with Crippen molar-refractivity contribution in [2.24, 2.45) is 0 Å². The predicted molar refractivity (Wildman–Crippen MR) is 109 cm³/mol. The Morgan fingerprint density at radius 3 is 2.79 bits per heavy atom. The van der Waals surface area contributed by atoms with Crippen molar-refractivity contribution in [3.63, 3.8) is 0 Å². The first-order chi connectivity index (χ1) is 14.2. The Labute approximate surface area is 169 Å². The van der Waals surface area contributed by atoms with Crippen LogP contribution >= 0.6 is 0 Å². The number of hydrogen-bond acceptors (Lipinski definition) is 6. The molecule has 2 N–H and O–H groups in total. The van der Waals surface area contributed by atoms with Crippen LogP contribution in [0, 0.1) is 0 Å². The van der Waals surface area contributed by atoms with Gasteiger partial charge >= 0.3 is 0 Å². The van der Waals surface area contributed by atoms with Crippen molar-refractivity contribution in [3.05, 3.63) is 72.6 Å². The van der Waals surface area contributed by atoms with Crippen molar-refractivity contribution in [2.45, 2.75) is 6.10 Å². The highest BCUT2D eigenvalue weighted by atomic mass is 16.5. The largest absolute Gasteiger partial charge is 0.484 e. The van der Waals surface area contributed by atoms with Gasteiger partial charge in [-0.2, -0.15) is 0 Å². The normalized spacial score (nSPS) is 16.4. The van der Waals surface area contributed by atoms with E-state index in [0.29, 0.717) is 31.3 Å². The van der Waals surface area contributed by atoms with Gasteiger partial charge in [-0.25, -0.2) is 9.97 Å². The van der Waals surface area contributed by atoms with Gasteiger partial charge in [-0.1, -0.05) is 24.3 Å². The van der Waals surface area contributed by atoms with Crippen LogP contribution in [0.4, 0.5) is 5.82 Å². The minimum absolute atomic E-state index is 0.00130. The molecule has 3 heterocycles. The Bertz CT molecular complexity index is 963. The molecule has 1 amide bonds. The van der Waals surface area contributed by atoms with Gasteiger partial charge in [0.1, 0.15) is 17.7 Å². The Balaban J connectivity index is 1.42. The summed E-state index contributed by atoms with van der Waals surface area (Å²) in [5.74, 6) is 1.07. The van der Waals surface area contributed by atoms with E-state index in [-0.39, 0.29) is 18.6 Å². The number of ether oxygens (including phenoxy) is 2. The van der Waals surface area contributed by atoms with Gasteiger partial charge in [0.05, 0.1) is 24.5 Å². The summed E-state index contributed by atoms with van der Waals surface area (Å²) < 4.78 is 11.5. The van der Waals surface area contributed by atoms with E-state index in [1.54, 1.807) is 17.2 Å². The number of nitrogens with zero attached hydrogens (tertiary/aromatic N) is 3. The number of hydrogen-bond donors (Lipinski definition) is 1. The molecule has 0 unspecified atom stereocenters. The van der Waals surface area contributed by atoms with Crippen molar-refractivity contribution in [1.82, 2.24) is 14.9 Å². The maximum atomic E-state index is 12.6. The molecule has 1 aliphatic rings. The van der Waals surface area contributed by atoms with Gasteiger partial charge in [0.2, 0.25) is 0 Å². The third-order valence-corrected chi connectivity index (χ3v) is 4.71. The summed E-state index contributed by atoms with van der Waals surface area (Å²) in [5, 5.41) is 0. The van der Waals surface area contributed by atoms with Gasteiger partial charge in [-0.3, -0.25) is 4.79 Å². The molecule has 0 radical (unpaired) electrons. The highest BCUT2D eigenvalue weighted by Gasteiger charge is 2.26. The molecule has 29 heavy (non-hydrogen) atoms. The van der Waals surface area contributed by atoms with Gasteiger partial charge in [0.15, 0.2) is 6.61 Å². The molecule has 0 bridgehead atoms. The number of carbonyl (C=O) groups is 1. The van der Waals surface area contributed by atoms with E-state index < -0.39 is 0 Å². The summed E-state index contributed by atoms with van der Waals surface area (Å²) in [5.41, 5.74) is 8.10. The van der Waals surface area contributed by atoms with E-state index in [4.69, 9.17) is 20.2 Å². The zero-order valence-electron chi connectivity index (χ0n) is 15.9. The van der Waals surface area contributed by atoms with Crippen LogP contribution in [0.25, 0.3) is 11.3 Å². The topological polar surface area (TPSA) is 90.6 Å². The summed E-state index contributed by atoms with van der Waals surface area (Å²) in [6.07, 6.45) is 1.41. The zero-order chi connectivity index (χ0) is 20.1. The number of carbonyl (C=O) groups excluding carboxylic acids is 1. The fraction of sp³-hybridized carbons (Fsp3) is 0.227. The maximum absolute atomic E-state index is 12.6. The van der Waals surface area contributed by atoms with Crippen LogP contribution in [0.15, 0.2) is 66.9 Å². The second kappa shape index (κ2) is 8.70. The molecule has 4 rings (SSSR count). The molecule has 1 saturated heterocycles. The highest BCUT2D eigenvalue weighted by molar-refractivity contribution is 5.78.